The molecule has 2 aromatic heterocycles. The summed E-state index contributed by atoms with van der Waals surface area (Å²) in [4.78, 5) is 13.1. The summed E-state index contributed by atoms with van der Waals surface area (Å²) in [5.41, 5.74) is 2.48. The van der Waals surface area contributed by atoms with Crippen LogP contribution in [0.15, 0.2) is 6.33 Å². The molecule has 2 aliphatic heterocycles. The third-order valence-electron chi connectivity index (χ3n) is 4.49. The molecule has 0 N–H and O–H groups in total. The van der Waals surface area contributed by atoms with Gasteiger partial charge >= 0.3 is 6.01 Å². The number of imidazole rings is 1. The Morgan fingerprint density at radius 3 is 2.85 bits per heavy atom. The second kappa shape index (κ2) is 4.15. The van der Waals surface area contributed by atoms with E-state index in [0.29, 0.717) is 11.9 Å². The van der Waals surface area contributed by atoms with Gasteiger partial charge in [-0.25, -0.2) is 14.5 Å². The molecular formula is C14H18N4O2. The summed E-state index contributed by atoms with van der Waals surface area (Å²) in [5, 5.41) is 0. The van der Waals surface area contributed by atoms with E-state index in [9.17, 15) is 0 Å². The van der Waals surface area contributed by atoms with Crippen LogP contribution >= 0.6 is 0 Å². The van der Waals surface area contributed by atoms with Crippen LogP contribution in [0.2, 0.25) is 0 Å². The van der Waals surface area contributed by atoms with E-state index < -0.39 is 0 Å². The fraction of sp³-hybridized carbons (Fsp3) is 0.643. The first-order valence-corrected chi connectivity index (χ1v) is 7.26. The van der Waals surface area contributed by atoms with Gasteiger partial charge in [0.15, 0.2) is 18.0 Å². The topological polar surface area (TPSA) is 62.1 Å². The lowest BCUT2D eigenvalue weighted by atomic mass is 9.94. The molecule has 0 radical (unpaired) electrons. The van der Waals surface area contributed by atoms with Crippen LogP contribution in [0.5, 0.6) is 6.01 Å². The van der Waals surface area contributed by atoms with Gasteiger partial charge in [-0.05, 0) is 19.8 Å². The number of aryl methyl sites for hydroxylation is 1. The van der Waals surface area contributed by atoms with Gasteiger partial charge in [0.1, 0.15) is 11.8 Å². The largest absolute Gasteiger partial charge is 0.456 e. The van der Waals surface area contributed by atoms with E-state index >= 15 is 0 Å². The number of fused-ring (bicyclic) bond motifs is 5. The molecule has 2 unspecified atom stereocenters. The average Bonchev–Trinajstić information content (AvgIpc) is 3.06. The molecule has 2 aromatic rings. The minimum absolute atomic E-state index is 0.0621. The van der Waals surface area contributed by atoms with Crippen molar-refractivity contribution in [3.63, 3.8) is 0 Å². The number of nitrogens with zero attached hydrogens (tertiary/aromatic N) is 4. The summed E-state index contributed by atoms with van der Waals surface area (Å²) in [6, 6.07) is 0.617. The molecular weight excluding hydrogens is 256 g/mol. The second-order valence-electron chi connectivity index (χ2n) is 5.52. The molecule has 6 nitrogen and oxygen atoms in total. The smallest absolute Gasteiger partial charge is 0.301 e. The van der Waals surface area contributed by atoms with Gasteiger partial charge in [-0.2, -0.15) is 4.98 Å². The molecule has 2 aliphatic rings. The van der Waals surface area contributed by atoms with Crippen molar-refractivity contribution in [1.82, 2.24) is 19.5 Å². The van der Waals surface area contributed by atoms with Crippen molar-refractivity contribution in [3.05, 3.63) is 12.0 Å². The molecule has 0 aromatic carbocycles. The highest BCUT2D eigenvalue weighted by molar-refractivity contribution is 5.75. The van der Waals surface area contributed by atoms with E-state index in [0.717, 1.165) is 29.7 Å². The normalized spacial score (nSPS) is 31.4. The van der Waals surface area contributed by atoms with E-state index in [1.54, 1.807) is 6.33 Å². The first-order valence-electron chi connectivity index (χ1n) is 7.26. The molecule has 20 heavy (non-hydrogen) atoms. The molecule has 4 rings (SSSR count). The summed E-state index contributed by atoms with van der Waals surface area (Å²) in [6.45, 7) is 6.28. The van der Waals surface area contributed by atoms with Gasteiger partial charge in [-0.15, -0.1) is 0 Å². The SMILES string of the molecule is CCC1C2Oc3nc4c(C)ncnc4n3[C@@H]2O[C@@H]1CC. The van der Waals surface area contributed by atoms with Crippen LogP contribution in [0, 0.1) is 12.8 Å². The van der Waals surface area contributed by atoms with Crippen molar-refractivity contribution in [2.45, 2.75) is 52.0 Å². The van der Waals surface area contributed by atoms with E-state index in [1.807, 2.05) is 11.5 Å². The zero-order chi connectivity index (χ0) is 13.9. The Morgan fingerprint density at radius 2 is 2.10 bits per heavy atom. The number of hydrogen-bond donors (Lipinski definition) is 0. The molecule has 0 saturated carbocycles. The highest BCUT2D eigenvalue weighted by Crippen LogP contribution is 2.46. The summed E-state index contributed by atoms with van der Waals surface area (Å²) < 4.78 is 14.3. The molecule has 1 fully saturated rings. The standard InChI is InChI=1S/C14H18N4O2/c1-4-8-9(5-2)19-13-11(8)20-14-17-10-7(3)15-6-16-12(10)18(13)14/h6,8-9,11,13H,4-5H2,1-3H3/t8?,9-,11?,13-/m1/s1. The summed E-state index contributed by atoms with van der Waals surface area (Å²) in [6.07, 6.45) is 3.85. The predicted octanol–water partition coefficient (Wildman–Crippen LogP) is 2.23. The van der Waals surface area contributed by atoms with Gasteiger partial charge < -0.3 is 9.47 Å². The van der Waals surface area contributed by atoms with Crippen molar-refractivity contribution < 1.29 is 9.47 Å². The highest BCUT2D eigenvalue weighted by Gasteiger charge is 2.51. The zero-order valence-corrected chi connectivity index (χ0v) is 11.9. The second-order valence-corrected chi connectivity index (χ2v) is 5.52. The Labute approximate surface area is 117 Å². The van der Waals surface area contributed by atoms with Crippen molar-refractivity contribution in [2.24, 2.45) is 5.92 Å². The molecule has 4 atom stereocenters. The number of ether oxygens (including phenoxy) is 2. The van der Waals surface area contributed by atoms with Crippen molar-refractivity contribution >= 4 is 11.2 Å². The van der Waals surface area contributed by atoms with Crippen LogP contribution in [0.1, 0.15) is 38.6 Å². The van der Waals surface area contributed by atoms with E-state index in [1.165, 1.54) is 0 Å². The first-order chi connectivity index (χ1) is 9.74. The van der Waals surface area contributed by atoms with Crippen molar-refractivity contribution in [3.8, 4) is 6.01 Å². The minimum atomic E-state index is -0.0980. The van der Waals surface area contributed by atoms with Gasteiger partial charge in [0, 0.05) is 5.92 Å². The number of rotatable bonds is 2. The third-order valence-corrected chi connectivity index (χ3v) is 4.49. The highest BCUT2D eigenvalue weighted by atomic mass is 16.6. The average molecular weight is 274 g/mol. The van der Waals surface area contributed by atoms with E-state index in [-0.39, 0.29) is 18.4 Å². The maximum atomic E-state index is 6.21. The molecule has 106 valence electrons. The van der Waals surface area contributed by atoms with Crippen molar-refractivity contribution in [2.75, 3.05) is 0 Å². The van der Waals surface area contributed by atoms with Gasteiger partial charge in [-0.3, -0.25) is 0 Å². The fourth-order valence-electron chi connectivity index (χ4n) is 3.46. The Hall–Kier alpha value is -1.69. The molecule has 0 aliphatic carbocycles. The molecule has 1 saturated heterocycles. The Morgan fingerprint density at radius 1 is 1.25 bits per heavy atom. The van der Waals surface area contributed by atoms with Gasteiger partial charge in [0.2, 0.25) is 0 Å². The van der Waals surface area contributed by atoms with Crippen LogP contribution in [0.3, 0.4) is 0 Å². The van der Waals surface area contributed by atoms with Crippen LogP contribution in [-0.4, -0.2) is 31.7 Å². The third kappa shape index (κ3) is 1.40. The Bertz CT molecular complexity index is 668. The maximum Gasteiger partial charge on any atom is 0.301 e. The van der Waals surface area contributed by atoms with Gasteiger partial charge in [0.05, 0.1) is 11.8 Å². The van der Waals surface area contributed by atoms with Crippen LogP contribution in [0.25, 0.3) is 11.2 Å². The lowest BCUT2D eigenvalue weighted by molar-refractivity contribution is -0.00637. The summed E-state index contributed by atoms with van der Waals surface area (Å²) in [7, 11) is 0. The molecule has 0 spiro atoms. The summed E-state index contributed by atoms with van der Waals surface area (Å²) >= 11 is 0. The Balaban J connectivity index is 1.83. The van der Waals surface area contributed by atoms with Crippen molar-refractivity contribution in [1.29, 1.82) is 0 Å². The van der Waals surface area contributed by atoms with E-state index in [2.05, 4.69) is 28.8 Å². The maximum absolute atomic E-state index is 6.21. The summed E-state index contributed by atoms with van der Waals surface area (Å²) in [5.74, 6) is 0.421. The van der Waals surface area contributed by atoms with Crippen LogP contribution < -0.4 is 4.74 Å². The molecule has 4 heterocycles. The lowest BCUT2D eigenvalue weighted by Gasteiger charge is -2.18. The molecule has 0 bridgehead atoms. The zero-order valence-electron chi connectivity index (χ0n) is 11.9. The quantitative estimate of drug-likeness (QED) is 0.840. The van der Waals surface area contributed by atoms with Crippen LogP contribution in [0.4, 0.5) is 0 Å². The molecule has 0 amide bonds. The monoisotopic (exact) mass is 274 g/mol. The minimum Gasteiger partial charge on any atom is -0.456 e. The van der Waals surface area contributed by atoms with E-state index in [4.69, 9.17) is 9.47 Å². The lowest BCUT2D eigenvalue weighted by Crippen LogP contribution is -2.27. The number of aromatic nitrogens is 4. The Kier molecular flexibility index (Phi) is 2.51. The van der Waals surface area contributed by atoms with Crippen LogP contribution in [-0.2, 0) is 4.74 Å². The number of hydrogen-bond acceptors (Lipinski definition) is 5. The van der Waals surface area contributed by atoms with Gasteiger partial charge in [-0.1, -0.05) is 13.8 Å². The van der Waals surface area contributed by atoms with Gasteiger partial charge in [0.25, 0.3) is 0 Å². The first kappa shape index (κ1) is 12.1. The fourth-order valence-corrected chi connectivity index (χ4v) is 3.46. The molecule has 6 heteroatoms. The predicted molar refractivity (Wildman–Crippen MR) is 72.5 cm³/mol.